The molecular weight excluding hydrogens is 418 g/mol. The molecule has 1 fully saturated rings. The molecule has 0 saturated heterocycles. The van der Waals surface area contributed by atoms with Gasteiger partial charge in [-0.1, -0.05) is 0 Å². The first kappa shape index (κ1) is 21.6. The zero-order valence-electron chi connectivity index (χ0n) is 17.7. The van der Waals surface area contributed by atoms with Gasteiger partial charge in [-0.15, -0.1) is 0 Å². The van der Waals surface area contributed by atoms with Crippen molar-refractivity contribution < 1.29 is 22.7 Å². The number of primary sulfonamides is 1. The van der Waals surface area contributed by atoms with E-state index in [1.165, 1.54) is 6.07 Å². The van der Waals surface area contributed by atoms with Crippen LogP contribution in [0.2, 0.25) is 0 Å². The van der Waals surface area contributed by atoms with Gasteiger partial charge in [0.1, 0.15) is 11.5 Å². The molecule has 0 atom stereocenters. The molecule has 2 aromatic carbocycles. The third-order valence-corrected chi connectivity index (χ3v) is 6.75. The van der Waals surface area contributed by atoms with E-state index in [2.05, 4.69) is 4.90 Å². The van der Waals surface area contributed by atoms with Gasteiger partial charge >= 0.3 is 0 Å². The number of hydrogen-bond donors (Lipinski definition) is 1. The van der Waals surface area contributed by atoms with E-state index in [0.29, 0.717) is 25.6 Å². The van der Waals surface area contributed by atoms with Crippen molar-refractivity contribution in [1.29, 1.82) is 0 Å². The molecule has 0 unspecified atom stereocenters. The summed E-state index contributed by atoms with van der Waals surface area (Å²) < 4.78 is 34.1. The number of methoxy groups -OCH3 is 2. The van der Waals surface area contributed by atoms with E-state index in [1.54, 1.807) is 31.3 Å². The Kier molecular flexibility index (Phi) is 5.92. The number of nitrogens with zero attached hydrogens (tertiary/aromatic N) is 2. The normalized spacial score (nSPS) is 15.8. The summed E-state index contributed by atoms with van der Waals surface area (Å²) in [5.74, 6) is 1.51. The lowest BCUT2D eigenvalue weighted by molar-refractivity contribution is -0.119. The van der Waals surface area contributed by atoms with E-state index in [4.69, 9.17) is 14.6 Å². The van der Waals surface area contributed by atoms with Gasteiger partial charge < -0.3 is 14.4 Å². The molecule has 0 radical (unpaired) electrons. The number of ether oxygens (including phenoxy) is 2. The van der Waals surface area contributed by atoms with Crippen molar-refractivity contribution in [3.05, 3.63) is 47.5 Å². The standard InChI is InChI=1S/C22H27N3O5S/c1-29-18-5-8-21(30-2)16(11-18)13-24(17-3-4-17)14-22(26)25-10-9-15-12-19(31(23,27)28)6-7-20(15)25/h5-8,11-12,17H,3-4,9-10,13-14H2,1-2H3,(H2,23,27,28). The number of anilines is 1. The molecule has 166 valence electrons. The second-order valence-corrected chi connectivity index (χ2v) is 9.51. The maximum absolute atomic E-state index is 13.2. The van der Waals surface area contributed by atoms with Crippen LogP contribution in [0.25, 0.3) is 0 Å². The monoisotopic (exact) mass is 445 g/mol. The van der Waals surface area contributed by atoms with Crippen molar-refractivity contribution >= 4 is 21.6 Å². The summed E-state index contributed by atoms with van der Waals surface area (Å²) >= 11 is 0. The molecule has 0 bridgehead atoms. The van der Waals surface area contributed by atoms with Crippen molar-refractivity contribution in [2.45, 2.75) is 36.7 Å². The number of carbonyl (C=O) groups excluding carboxylic acids is 1. The zero-order valence-corrected chi connectivity index (χ0v) is 18.5. The average molecular weight is 446 g/mol. The van der Waals surface area contributed by atoms with Crippen molar-refractivity contribution in [3.63, 3.8) is 0 Å². The van der Waals surface area contributed by atoms with Gasteiger partial charge in [0.25, 0.3) is 0 Å². The Hall–Kier alpha value is -2.62. The molecule has 9 heteroatoms. The van der Waals surface area contributed by atoms with Gasteiger partial charge in [-0.05, 0) is 61.2 Å². The molecule has 4 rings (SSSR count). The van der Waals surface area contributed by atoms with Crippen molar-refractivity contribution in [2.75, 3.05) is 32.2 Å². The number of nitrogens with two attached hydrogens (primary N) is 1. The zero-order chi connectivity index (χ0) is 22.2. The van der Waals surface area contributed by atoms with Crippen LogP contribution in [-0.2, 0) is 27.8 Å². The van der Waals surface area contributed by atoms with Gasteiger partial charge in [-0.2, -0.15) is 0 Å². The summed E-state index contributed by atoms with van der Waals surface area (Å²) in [5, 5.41) is 5.23. The van der Waals surface area contributed by atoms with E-state index < -0.39 is 10.0 Å². The molecule has 8 nitrogen and oxygen atoms in total. The molecular formula is C22H27N3O5S. The molecule has 1 aliphatic carbocycles. The molecule has 0 spiro atoms. The molecule has 2 aliphatic rings. The second kappa shape index (κ2) is 8.49. The predicted octanol–water partition coefficient (Wildman–Crippen LogP) is 1.90. The van der Waals surface area contributed by atoms with E-state index in [0.717, 1.165) is 41.2 Å². The molecule has 31 heavy (non-hydrogen) atoms. The largest absolute Gasteiger partial charge is 0.497 e. The number of rotatable bonds is 8. The van der Waals surface area contributed by atoms with Crippen LogP contribution < -0.4 is 19.5 Å². The molecule has 2 N–H and O–H groups in total. The van der Waals surface area contributed by atoms with Crippen molar-refractivity contribution in [3.8, 4) is 11.5 Å². The van der Waals surface area contributed by atoms with Crippen LogP contribution in [0.4, 0.5) is 5.69 Å². The Morgan fingerprint density at radius 1 is 1.16 bits per heavy atom. The fraction of sp³-hybridized carbons (Fsp3) is 0.409. The summed E-state index contributed by atoms with van der Waals surface area (Å²) in [6.45, 7) is 1.40. The van der Waals surface area contributed by atoms with Gasteiger partial charge in [0.15, 0.2) is 0 Å². The minimum absolute atomic E-state index is 0.00383. The van der Waals surface area contributed by atoms with Crippen LogP contribution in [-0.4, -0.2) is 52.6 Å². The van der Waals surface area contributed by atoms with Crippen LogP contribution in [0.3, 0.4) is 0 Å². The number of sulfonamides is 1. The van der Waals surface area contributed by atoms with Gasteiger partial charge in [0.2, 0.25) is 15.9 Å². The maximum atomic E-state index is 13.2. The first-order valence-electron chi connectivity index (χ1n) is 10.2. The minimum Gasteiger partial charge on any atom is -0.497 e. The lowest BCUT2D eigenvalue weighted by Gasteiger charge is -2.26. The lowest BCUT2D eigenvalue weighted by atomic mass is 10.1. The van der Waals surface area contributed by atoms with E-state index >= 15 is 0 Å². The van der Waals surface area contributed by atoms with E-state index in [-0.39, 0.29) is 17.3 Å². The van der Waals surface area contributed by atoms with Crippen LogP contribution in [0.15, 0.2) is 41.3 Å². The molecule has 1 heterocycles. The summed E-state index contributed by atoms with van der Waals surface area (Å²) in [5.41, 5.74) is 2.56. The third kappa shape index (κ3) is 4.68. The number of fused-ring (bicyclic) bond motifs is 1. The van der Waals surface area contributed by atoms with Crippen molar-refractivity contribution in [2.24, 2.45) is 5.14 Å². The number of amides is 1. The first-order chi connectivity index (χ1) is 14.8. The fourth-order valence-electron chi connectivity index (χ4n) is 4.05. The molecule has 2 aromatic rings. The highest BCUT2D eigenvalue weighted by Crippen LogP contribution is 2.34. The molecule has 1 amide bonds. The SMILES string of the molecule is COc1ccc(OC)c(CN(CC(=O)N2CCc3cc(S(N)(=O)=O)ccc32)C2CC2)c1. The van der Waals surface area contributed by atoms with Gasteiger partial charge in [-0.3, -0.25) is 9.69 Å². The summed E-state index contributed by atoms with van der Waals surface area (Å²) in [6, 6.07) is 10.7. The van der Waals surface area contributed by atoms with Gasteiger partial charge in [0.05, 0.1) is 25.7 Å². The Labute approximate surface area is 182 Å². The topological polar surface area (TPSA) is 102 Å². The highest BCUT2D eigenvalue weighted by molar-refractivity contribution is 7.89. The van der Waals surface area contributed by atoms with Gasteiger partial charge in [0, 0.05) is 30.4 Å². The highest BCUT2D eigenvalue weighted by atomic mass is 32.2. The third-order valence-electron chi connectivity index (χ3n) is 5.84. The summed E-state index contributed by atoms with van der Waals surface area (Å²) in [6.07, 6.45) is 2.74. The lowest BCUT2D eigenvalue weighted by Crippen LogP contribution is -2.40. The molecule has 0 aromatic heterocycles. The average Bonchev–Trinajstić information content (AvgIpc) is 3.50. The van der Waals surface area contributed by atoms with E-state index in [1.807, 2.05) is 18.2 Å². The summed E-state index contributed by atoms with van der Waals surface area (Å²) in [7, 11) is -0.506. The molecule has 1 saturated carbocycles. The highest BCUT2D eigenvalue weighted by Gasteiger charge is 2.34. The Morgan fingerprint density at radius 2 is 1.94 bits per heavy atom. The van der Waals surface area contributed by atoms with Gasteiger partial charge in [-0.25, -0.2) is 13.6 Å². The van der Waals surface area contributed by atoms with Crippen LogP contribution >= 0.6 is 0 Å². The van der Waals surface area contributed by atoms with Crippen LogP contribution in [0, 0.1) is 0 Å². The first-order valence-corrected chi connectivity index (χ1v) is 11.8. The van der Waals surface area contributed by atoms with Crippen LogP contribution in [0.5, 0.6) is 11.5 Å². The second-order valence-electron chi connectivity index (χ2n) is 7.94. The van der Waals surface area contributed by atoms with E-state index in [9.17, 15) is 13.2 Å². The number of hydrogen-bond acceptors (Lipinski definition) is 6. The summed E-state index contributed by atoms with van der Waals surface area (Å²) in [4.78, 5) is 17.2. The number of benzene rings is 2. The smallest absolute Gasteiger partial charge is 0.241 e. The Balaban J connectivity index is 1.52. The minimum atomic E-state index is -3.76. The predicted molar refractivity (Wildman–Crippen MR) is 117 cm³/mol. The van der Waals surface area contributed by atoms with Crippen molar-refractivity contribution in [1.82, 2.24) is 4.90 Å². The fourth-order valence-corrected chi connectivity index (χ4v) is 4.62. The van der Waals surface area contributed by atoms with Crippen LogP contribution in [0.1, 0.15) is 24.0 Å². The Morgan fingerprint density at radius 3 is 2.58 bits per heavy atom. The number of carbonyl (C=O) groups is 1. The molecule has 1 aliphatic heterocycles. The maximum Gasteiger partial charge on any atom is 0.241 e. The Bertz CT molecular complexity index is 1100. The quantitative estimate of drug-likeness (QED) is 0.666.